The van der Waals surface area contributed by atoms with Crippen molar-refractivity contribution in [2.45, 2.75) is 22.2 Å². The van der Waals surface area contributed by atoms with Crippen LogP contribution < -0.4 is 5.32 Å². The van der Waals surface area contributed by atoms with Crippen molar-refractivity contribution >= 4 is 57.4 Å². The highest BCUT2D eigenvalue weighted by molar-refractivity contribution is 6.36. The lowest BCUT2D eigenvalue weighted by Gasteiger charge is -2.54. The molecule has 3 amide bonds. The summed E-state index contributed by atoms with van der Waals surface area (Å²) in [6.07, 6.45) is 0.138. The third-order valence-electron chi connectivity index (χ3n) is 9.55. The maximum absolute atomic E-state index is 14.7. The molecular weight excluding hydrogens is 591 g/mol. The highest BCUT2D eigenvalue weighted by atomic mass is 35.5. The molecule has 0 aromatic heterocycles. The zero-order chi connectivity index (χ0) is 30.2. The number of fused-ring (bicyclic) bond motifs is 1. The van der Waals surface area contributed by atoms with Gasteiger partial charge >= 0.3 is 0 Å². The Morgan fingerprint density at radius 2 is 1.14 bits per heavy atom. The monoisotopic (exact) mass is 616 g/mol. The summed E-state index contributed by atoms with van der Waals surface area (Å²) in [6.45, 7) is 0. The maximum atomic E-state index is 14.7. The van der Waals surface area contributed by atoms with Gasteiger partial charge in [0, 0.05) is 17.5 Å². The number of likely N-dealkylation sites (tertiary alicyclic amines) is 1. The first-order chi connectivity index (χ1) is 21.3. The summed E-state index contributed by atoms with van der Waals surface area (Å²) in [6, 6.07) is 36.7. The van der Waals surface area contributed by atoms with Crippen LogP contribution in [0.25, 0.3) is 10.8 Å². The molecule has 3 atom stereocenters. The second-order valence-electron chi connectivity index (χ2n) is 11.7. The molecule has 1 N–H and O–H groups in total. The van der Waals surface area contributed by atoms with Crippen molar-refractivity contribution in [3.63, 3.8) is 0 Å². The zero-order valence-electron chi connectivity index (χ0n) is 23.4. The van der Waals surface area contributed by atoms with E-state index in [2.05, 4.69) is 5.32 Å². The fourth-order valence-corrected chi connectivity index (χ4v) is 8.78. The van der Waals surface area contributed by atoms with Crippen molar-refractivity contribution in [1.82, 2.24) is 4.90 Å². The lowest BCUT2D eigenvalue weighted by atomic mass is 9.54. The number of benzene rings is 5. The Balaban J connectivity index is 1.26. The fraction of sp³-hybridized carbons (Fsp3) is 0.162. The molecule has 2 bridgehead atoms. The zero-order valence-corrected chi connectivity index (χ0v) is 24.9. The van der Waals surface area contributed by atoms with Gasteiger partial charge < -0.3 is 5.32 Å². The van der Waals surface area contributed by atoms with Crippen molar-refractivity contribution in [3.05, 3.63) is 149 Å². The molecule has 216 valence electrons. The van der Waals surface area contributed by atoms with Crippen molar-refractivity contribution in [2.24, 2.45) is 11.8 Å². The molecule has 4 aliphatic rings. The number of anilines is 1. The minimum absolute atomic E-state index is 0.138. The predicted molar refractivity (Wildman–Crippen MR) is 171 cm³/mol. The molecule has 7 heteroatoms. The van der Waals surface area contributed by atoms with Crippen LogP contribution in [0.3, 0.4) is 0 Å². The van der Waals surface area contributed by atoms with Crippen LogP contribution in [0.4, 0.5) is 5.69 Å². The Labute approximate surface area is 264 Å². The molecule has 5 nitrogen and oxygen atoms in total. The van der Waals surface area contributed by atoms with Crippen LogP contribution in [0, 0.1) is 11.8 Å². The Bertz CT molecular complexity index is 1880. The first-order valence-electron chi connectivity index (χ1n) is 14.6. The Morgan fingerprint density at radius 3 is 1.70 bits per heavy atom. The highest BCUT2D eigenvalue weighted by Gasteiger charge is 2.73. The van der Waals surface area contributed by atoms with E-state index in [1.807, 2.05) is 121 Å². The van der Waals surface area contributed by atoms with Crippen LogP contribution in [-0.2, 0) is 30.6 Å². The smallest absolute Gasteiger partial charge is 0.248 e. The largest absolute Gasteiger partial charge is 0.324 e. The minimum Gasteiger partial charge on any atom is -0.324 e. The second-order valence-corrected chi connectivity index (χ2v) is 12.9. The van der Waals surface area contributed by atoms with Crippen molar-refractivity contribution in [2.75, 3.05) is 5.32 Å². The highest BCUT2D eigenvalue weighted by Crippen LogP contribution is 2.69. The maximum Gasteiger partial charge on any atom is 0.248 e. The van der Waals surface area contributed by atoms with Gasteiger partial charge in [-0.15, -0.1) is 23.2 Å². The van der Waals surface area contributed by atoms with E-state index in [0.717, 1.165) is 43.5 Å². The van der Waals surface area contributed by atoms with Crippen LogP contribution in [0.15, 0.2) is 121 Å². The average molecular weight is 618 g/mol. The van der Waals surface area contributed by atoms with Crippen LogP contribution in [0.2, 0.25) is 0 Å². The summed E-state index contributed by atoms with van der Waals surface area (Å²) in [7, 11) is 0. The lowest BCUT2D eigenvalue weighted by molar-refractivity contribution is -0.146. The molecule has 3 aliphatic carbocycles. The summed E-state index contributed by atoms with van der Waals surface area (Å²) >= 11 is 15.3. The standard InChI is InChI=1S/C37H26Cl2N2O3/c38-36-25-16-6-7-17-26(25)37(39,28-19-9-8-18-27(28)36)32-31(36)34(43)41(35(32)44)30(21-22-11-2-1-3-12-22)33(42)40-29-20-10-14-23-13-4-5-15-24(23)29/h1-20,30-32H,21H2,(H,40,42)/t30-,31-,32+,36?,37?/m0/s1. The average Bonchev–Trinajstić information content (AvgIpc) is 3.33. The summed E-state index contributed by atoms with van der Waals surface area (Å²) in [5, 5.41) is 4.87. The summed E-state index contributed by atoms with van der Waals surface area (Å²) < 4.78 is 0. The van der Waals surface area contributed by atoms with Gasteiger partial charge in [0.25, 0.3) is 0 Å². The molecule has 1 heterocycles. The number of imide groups is 1. The van der Waals surface area contributed by atoms with Gasteiger partial charge in [0.1, 0.15) is 15.8 Å². The molecule has 1 aliphatic heterocycles. The van der Waals surface area contributed by atoms with Gasteiger partial charge in [-0.25, -0.2) is 0 Å². The number of carbonyl (C=O) groups is 3. The first-order valence-corrected chi connectivity index (χ1v) is 15.4. The van der Waals surface area contributed by atoms with Gasteiger partial charge in [0.2, 0.25) is 17.7 Å². The van der Waals surface area contributed by atoms with Crippen molar-refractivity contribution < 1.29 is 14.4 Å². The molecule has 5 aromatic carbocycles. The normalized spacial score (nSPS) is 25.4. The topological polar surface area (TPSA) is 66.5 Å². The Hall–Kier alpha value is -4.45. The van der Waals surface area contributed by atoms with E-state index >= 15 is 0 Å². The fourth-order valence-electron chi connectivity index (χ4n) is 7.68. The van der Waals surface area contributed by atoms with E-state index in [4.69, 9.17) is 23.2 Å². The van der Waals surface area contributed by atoms with E-state index in [9.17, 15) is 14.4 Å². The van der Waals surface area contributed by atoms with Crippen LogP contribution >= 0.6 is 23.2 Å². The predicted octanol–water partition coefficient (Wildman–Crippen LogP) is 6.98. The van der Waals surface area contributed by atoms with Crippen LogP contribution in [-0.4, -0.2) is 28.7 Å². The number of hydrogen-bond acceptors (Lipinski definition) is 3. The van der Waals surface area contributed by atoms with E-state index in [0.29, 0.717) is 5.69 Å². The van der Waals surface area contributed by atoms with Crippen LogP contribution in [0.1, 0.15) is 27.8 Å². The third-order valence-corrected chi connectivity index (χ3v) is 10.8. The molecule has 0 saturated carbocycles. The van der Waals surface area contributed by atoms with Gasteiger partial charge in [0.05, 0.1) is 11.8 Å². The first kappa shape index (κ1) is 27.1. The van der Waals surface area contributed by atoms with Crippen molar-refractivity contribution in [3.8, 4) is 0 Å². The Kier molecular flexibility index (Phi) is 6.03. The molecule has 44 heavy (non-hydrogen) atoms. The number of amides is 3. The molecule has 1 saturated heterocycles. The van der Waals surface area contributed by atoms with Crippen molar-refractivity contribution in [1.29, 1.82) is 0 Å². The molecule has 0 radical (unpaired) electrons. The molecule has 0 spiro atoms. The number of rotatable bonds is 5. The molecule has 0 unspecified atom stereocenters. The summed E-state index contributed by atoms with van der Waals surface area (Å²) in [4.78, 5) is 42.2. The molecule has 9 rings (SSSR count). The van der Waals surface area contributed by atoms with Gasteiger partial charge in [-0.3, -0.25) is 19.3 Å². The van der Waals surface area contributed by atoms with E-state index in [-0.39, 0.29) is 6.42 Å². The summed E-state index contributed by atoms with van der Waals surface area (Å²) in [5.41, 5.74) is 4.31. The molecule has 1 fully saturated rings. The Morgan fingerprint density at radius 1 is 0.659 bits per heavy atom. The van der Waals surface area contributed by atoms with Gasteiger partial charge in [-0.2, -0.15) is 0 Å². The third kappa shape index (κ3) is 3.57. The molecular formula is C37H26Cl2N2O3. The minimum atomic E-state index is -1.32. The number of alkyl halides is 2. The van der Waals surface area contributed by atoms with Crippen LogP contribution in [0.5, 0.6) is 0 Å². The number of hydrogen-bond donors (Lipinski definition) is 1. The van der Waals surface area contributed by atoms with Gasteiger partial charge in [-0.1, -0.05) is 115 Å². The van der Waals surface area contributed by atoms with Gasteiger partial charge in [0.15, 0.2) is 0 Å². The number of carbonyl (C=O) groups excluding carboxylic acids is 3. The second kappa shape index (κ2) is 9.78. The SMILES string of the molecule is O=C(Nc1cccc2ccccc12)[C@H](Cc1ccccc1)N1C(=O)[C@@H]2[C@H](C1=O)C1(Cl)c3ccccc3C2(Cl)c2ccccc21. The van der Waals surface area contributed by atoms with E-state index in [1.165, 1.54) is 0 Å². The number of nitrogens with one attached hydrogen (secondary N) is 1. The van der Waals surface area contributed by atoms with E-state index < -0.39 is 45.3 Å². The lowest BCUT2D eigenvalue weighted by Crippen LogP contribution is -2.57. The van der Waals surface area contributed by atoms with Gasteiger partial charge in [-0.05, 0) is 39.3 Å². The summed E-state index contributed by atoms with van der Waals surface area (Å²) in [5.74, 6) is -3.40. The number of halogens is 2. The van der Waals surface area contributed by atoms with E-state index in [1.54, 1.807) is 0 Å². The quantitative estimate of drug-likeness (QED) is 0.171. The molecule has 5 aromatic rings. The number of nitrogens with zero attached hydrogens (tertiary/aromatic N) is 1.